The molecule has 0 saturated carbocycles. The third-order valence-electron chi connectivity index (χ3n) is 2.68. The van der Waals surface area contributed by atoms with E-state index in [9.17, 15) is 18.9 Å². The van der Waals surface area contributed by atoms with Crippen molar-refractivity contribution < 1.29 is 18.8 Å². The van der Waals surface area contributed by atoms with Crippen LogP contribution in [0.15, 0.2) is 36.4 Å². The highest BCUT2D eigenvalue weighted by Gasteiger charge is 2.21. The number of halogens is 2. The lowest BCUT2D eigenvalue weighted by molar-refractivity contribution is -0.384. The van der Waals surface area contributed by atoms with E-state index in [4.69, 9.17) is 5.11 Å². The van der Waals surface area contributed by atoms with Crippen LogP contribution < -0.4 is 5.32 Å². The molecule has 2 rings (SSSR count). The van der Waals surface area contributed by atoms with E-state index in [1.807, 2.05) is 0 Å². The van der Waals surface area contributed by atoms with Gasteiger partial charge in [-0.05, 0) is 23.8 Å². The molecule has 0 fully saturated rings. The number of anilines is 1. The normalized spacial score (nSPS) is 10.3. The zero-order valence-electron chi connectivity index (χ0n) is 10.1. The summed E-state index contributed by atoms with van der Waals surface area (Å²) in [5, 5.41) is 22.4. The molecule has 0 aliphatic carbocycles. The van der Waals surface area contributed by atoms with Crippen molar-refractivity contribution in [1.29, 1.82) is 0 Å². The molecular formula is C13H10F2N2O3. The number of phenols is 1. The van der Waals surface area contributed by atoms with Gasteiger partial charge in [0.2, 0.25) is 0 Å². The third-order valence-corrected chi connectivity index (χ3v) is 2.68. The number of hydrogen-bond acceptors (Lipinski definition) is 4. The average Bonchev–Trinajstić information content (AvgIpc) is 2.42. The SMILES string of the molecule is O=[N+]([O-])c1ccc(F)c(F)c1NCc1ccc(O)cc1. The number of rotatable bonds is 4. The number of phenolic OH excluding ortho intramolecular Hbond substituents is 1. The van der Waals surface area contributed by atoms with Crippen LogP contribution in [0.1, 0.15) is 5.56 Å². The van der Waals surface area contributed by atoms with Crippen molar-refractivity contribution in [2.45, 2.75) is 6.54 Å². The predicted molar refractivity (Wildman–Crippen MR) is 68.4 cm³/mol. The van der Waals surface area contributed by atoms with Crippen molar-refractivity contribution in [1.82, 2.24) is 0 Å². The summed E-state index contributed by atoms with van der Waals surface area (Å²) in [5.41, 5.74) is -0.383. The predicted octanol–water partition coefficient (Wildman–Crippen LogP) is 3.19. The maximum atomic E-state index is 13.6. The molecule has 0 saturated heterocycles. The highest BCUT2D eigenvalue weighted by Crippen LogP contribution is 2.29. The van der Waals surface area contributed by atoms with Crippen LogP contribution in [0.25, 0.3) is 0 Å². The Morgan fingerprint density at radius 3 is 2.40 bits per heavy atom. The van der Waals surface area contributed by atoms with E-state index >= 15 is 0 Å². The standard InChI is InChI=1S/C13H10F2N2O3/c14-10-5-6-11(17(19)20)13(12(10)15)16-7-8-1-3-9(18)4-2-8/h1-6,16,18H,7H2. The van der Waals surface area contributed by atoms with E-state index in [1.165, 1.54) is 12.1 Å². The zero-order chi connectivity index (χ0) is 14.7. The van der Waals surface area contributed by atoms with Gasteiger partial charge < -0.3 is 10.4 Å². The molecule has 2 aromatic carbocycles. The summed E-state index contributed by atoms with van der Waals surface area (Å²) in [6, 6.07) is 7.58. The van der Waals surface area contributed by atoms with Gasteiger partial charge in [-0.15, -0.1) is 0 Å². The van der Waals surface area contributed by atoms with E-state index in [-0.39, 0.29) is 12.3 Å². The molecule has 0 bridgehead atoms. The first-order valence-electron chi connectivity index (χ1n) is 5.63. The summed E-state index contributed by atoms with van der Waals surface area (Å²) in [5.74, 6) is -2.39. The molecule has 2 N–H and O–H groups in total. The van der Waals surface area contributed by atoms with Gasteiger partial charge in [-0.1, -0.05) is 12.1 Å². The maximum absolute atomic E-state index is 13.6. The Hall–Kier alpha value is -2.70. The summed E-state index contributed by atoms with van der Waals surface area (Å²) in [6.07, 6.45) is 0. The number of benzene rings is 2. The minimum absolute atomic E-state index is 0.0570. The van der Waals surface area contributed by atoms with Crippen molar-refractivity contribution >= 4 is 11.4 Å². The molecule has 104 valence electrons. The van der Waals surface area contributed by atoms with Crippen molar-refractivity contribution in [2.24, 2.45) is 0 Å². The zero-order valence-corrected chi connectivity index (χ0v) is 10.1. The van der Waals surface area contributed by atoms with Gasteiger partial charge in [0.15, 0.2) is 17.3 Å². The number of hydrogen-bond donors (Lipinski definition) is 2. The minimum atomic E-state index is -1.29. The van der Waals surface area contributed by atoms with E-state index in [1.54, 1.807) is 12.1 Å². The summed E-state index contributed by atoms with van der Waals surface area (Å²) >= 11 is 0. The second-order valence-corrected chi connectivity index (χ2v) is 4.03. The number of nitrogens with one attached hydrogen (secondary N) is 1. The molecule has 0 atom stereocenters. The number of nitrogens with zero attached hydrogens (tertiary/aromatic N) is 1. The maximum Gasteiger partial charge on any atom is 0.295 e. The first-order chi connectivity index (χ1) is 9.49. The Kier molecular flexibility index (Phi) is 3.79. The van der Waals surface area contributed by atoms with E-state index in [0.29, 0.717) is 11.6 Å². The van der Waals surface area contributed by atoms with Crippen LogP contribution in [0.3, 0.4) is 0 Å². The molecule has 0 spiro atoms. The van der Waals surface area contributed by atoms with Gasteiger partial charge >= 0.3 is 0 Å². The topological polar surface area (TPSA) is 75.4 Å². The lowest BCUT2D eigenvalue weighted by Gasteiger charge is -2.09. The smallest absolute Gasteiger partial charge is 0.295 e. The molecule has 5 nitrogen and oxygen atoms in total. The monoisotopic (exact) mass is 280 g/mol. The lowest BCUT2D eigenvalue weighted by atomic mass is 10.2. The molecule has 0 aromatic heterocycles. The summed E-state index contributed by atoms with van der Waals surface area (Å²) in [4.78, 5) is 9.99. The number of nitro benzene ring substituents is 1. The molecule has 0 unspecified atom stereocenters. The largest absolute Gasteiger partial charge is 0.508 e. The molecule has 0 radical (unpaired) electrons. The quantitative estimate of drug-likeness (QED) is 0.666. The van der Waals surface area contributed by atoms with Crippen LogP contribution in [0, 0.1) is 21.7 Å². The van der Waals surface area contributed by atoms with E-state index < -0.39 is 27.9 Å². The van der Waals surface area contributed by atoms with Gasteiger partial charge in [-0.3, -0.25) is 10.1 Å². The highest BCUT2D eigenvalue weighted by atomic mass is 19.2. The van der Waals surface area contributed by atoms with Gasteiger partial charge in [0, 0.05) is 12.6 Å². The Morgan fingerprint density at radius 2 is 1.80 bits per heavy atom. The molecule has 0 amide bonds. The summed E-state index contributed by atoms with van der Waals surface area (Å²) < 4.78 is 26.7. The minimum Gasteiger partial charge on any atom is -0.508 e. The summed E-state index contributed by atoms with van der Waals surface area (Å²) in [7, 11) is 0. The van der Waals surface area contributed by atoms with Crippen molar-refractivity contribution in [3.8, 4) is 5.75 Å². The number of nitro groups is 1. The second-order valence-electron chi connectivity index (χ2n) is 4.03. The Labute approximate surface area is 112 Å². The van der Waals surface area contributed by atoms with Crippen molar-refractivity contribution in [3.63, 3.8) is 0 Å². The fourth-order valence-electron chi connectivity index (χ4n) is 1.67. The third kappa shape index (κ3) is 2.82. The van der Waals surface area contributed by atoms with Crippen LogP contribution in [0.4, 0.5) is 20.2 Å². The molecule has 0 heterocycles. The lowest BCUT2D eigenvalue weighted by Crippen LogP contribution is -2.06. The van der Waals surface area contributed by atoms with Crippen LogP contribution in [-0.4, -0.2) is 10.0 Å². The summed E-state index contributed by atoms with van der Waals surface area (Å²) in [6.45, 7) is 0.0570. The van der Waals surface area contributed by atoms with Crippen LogP contribution in [-0.2, 0) is 6.54 Å². The molecule has 0 aliphatic rings. The van der Waals surface area contributed by atoms with Crippen molar-refractivity contribution in [2.75, 3.05) is 5.32 Å². The van der Waals surface area contributed by atoms with Gasteiger partial charge in [0.25, 0.3) is 5.69 Å². The van der Waals surface area contributed by atoms with Crippen LogP contribution >= 0.6 is 0 Å². The molecule has 7 heteroatoms. The van der Waals surface area contributed by atoms with Gasteiger partial charge in [0.1, 0.15) is 5.75 Å². The number of aromatic hydroxyl groups is 1. The average molecular weight is 280 g/mol. The molecular weight excluding hydrogens is 270 g/mol. The Morgan fingerprint density at radius 1 is 1.15 bits per heavy atom. The van der Waals surface area contributed by atoms with Gasteiger partial charge in [-0.2, -0.15) is 0 Å². The molecule has 0 aliphatic heterocycles. The molecule has 2 aromatic rings. The Bertz CT molecular complexity index is 645. The first-order valence-corrected chi connectivity index (χ1v) is 5.63. The van der Waals surface area contributed by atoms with Crippen LogP contribution in [0.2, 0.25) is 0 Å². The second kappa shape index (κ2) is 5.52. The van der Waals surface area contributed by atoms with Gasteiger partial charge in [0.05, 0.1) is 4.92 Å². The van der Waals surface area contributed by atoms with E-state index in [0.717, 1.165) is 6.07 Å². The van der Waals surface area contributed by atoms with Crippen LogP contribution in [0.5, 0.6) is 5.75 Å². The molecule has 20 heavy (non-hydrogen) atoms. The Balaban J connectivity index is 2.26. The van der Waals surface area contributed by atoms with Crippen molar-refractivity contribution in [3.05, 3.63) is 63.7 Å². The van der Waals surface area contributed by atoms with Gasteiger partial charge in [-0.25, -0.2) is 8.78 Å². The fourth-order valence-corrected chi connectivity index (χ4v) is 1.67. The highest BCUT2D eigenvalue weighted by molar-refractivity contribution is 5.62. The van der Waals surface area contributed by atoms with E-state index in [2.05, 4.69) is 5.32 Å². The first kappa shape index (κ1) is 13.7. The fraction of sp³-hybridized carbons (Fsp3) is 0.0769.